The summed E-state index contributed by atoms with van der Waals surface area (Å²) < 4.78 is 22.1. The minimum absolute atomic E-state index is 0.311. The molecule has 1 aromatic carbocycles. The molecule has 4 rings (SSSR count). The summed E-state index contributed by atoms with van der Waals surface area (Å²) in [5.41, 5.74) is 1.82. The summed E-state index contributed by atoms with van der Waals surface area (Å²) in [4.78, 5) is 19.3. The summed E-state index contributed by atoms with van der Waals surface area (Å²) in [5.74, 6) is 0.441. The summed E-state index contributed by atoms with van der Waals surface area (Å²) in [6.45, 7) is 2.92. The number of carbonyl (C=O) groups is 1. The van der Waals surface area contributed by atoms with Gasteiger partial charge < -0.3 is 29.2 Å². The predicted molar refractivity (Wildman–Crippen MR) is 108 cm³/mol. The number of hydrogen-bond donors (Lipinski definition) is 1. The number of methoxy groups -OCH3 is 2. The molecule has 0 saturated carbocycles. The molecule has 2 aliphatic heterocycles. The van der Waals surface area contributed by atoms with E-state index >= 15 is 0 Å². The van der Waals surface area contributed by atoms with E-state index in [2.05, 4.69) is 15.2 Å². The Morgan fingerprint density at radius 3 is 2.55 bits per heavy atom. The summed E-state index contributed by atoms with van der Waals surface area (Å²) in [6, 6.07) is 8.95. The number of piperidine rings is 1. The second kappa shape index (κ2) is 8.26. The molecule has 2 aliphatic rings. The third kappa shape index (κ3) is 4.13. The first-order valence-corrected chi connectivity index (χ1v) is 9.65. The van der Waals surface area contributed by atoms with Gasteiger partial charge in [-0.3, -0.25) is 9.78 Å². The van der Waals surface area contributed by atoms with Gasteiger partial charge in [-0.05, 0) is 24.3 Å². The number of amides is 1. The number of hydrogen-bond acceptors (Lipinski definition) is 7. The van der Waals surface area contributed by atoms with Crippen LogP contribution in [0, 0.1) is 0 Å². The van der Waals surface area contributed by atoms with E-state index in [9.17, 15) is 4.79 Å². The Morgan fingerprint density at radius 2 is 1.86 bits per heavy atom. The molecule has 0 aliphatic carbocycles. The highest BCUT2D eigenvalue weighted by Gasteiger charge is 2.39. The number of anilines is 2. The van der Waals surface area contributed by atoms with Crippen molar-refractivity contribution in [2.45, 2.75) is 18.6 Å². The smallest absolute Gasteiger partial charge is 0.274 e. The first kappa shape index (κ1) is 19.5. The van der Waals surface area contributed by atoms with Gasteiger partial charge in [0.2, 0.25) is 0 Å². The van der Waals surface area contributed by atoms with E-state index in [1.54, 1.807) is 44.7 Å². The van der Waals surface area contributed by atoms with Crippen LogP contribution in [0.5, 0.6) is 11.5 Å². The quantitative estimate of drug-likeness (QED) is 0.828. The van der Waals surface area contributed by atoms with Crippen molar-refractivity contribution in [3.8, 4) is 11.5 Å². The number of benzene rings is 1. The normalized spacial score (nSPS) is 17.9. The number of carbonyl (C=O) groups excluding carboxylic acids is 1. The Bertz CT molecular complexity index is 872. The molecule has 29 heavy (non-hydrogen) atoms. The number of nitrogens with one attached hydrogen (secondary N) is 1. The van der Waals surface area contributed by atoms with Crippen molar-refractivity contribution in [1.82, 2.24) is 4.98 Å². The molecule has 2 saturated heterocycles. The molecule has 3 heterocycles. The SMILES string of the molecule is COc1ccc(OC)c(NC(=O)c2cc(N3CCC4(CC3)OCCO4)ccn2)c1. The monoisotopic (exact) mass is 399 g/mol. The van der Waals surface area contributed by atoms with Crippen LogP contribution >= 0.6 is 0 Å². The van der Waals surface area contributed by atoms with Gasteiger partial charge in [0.05, 0.1) is 33.1 Å². The zero-order chi connectivity index (χ0) is 20.3. The van der Waals surface area contributed by atoms with Gasteiger partial charge in [0.25, 0.3) is 5.91 Å². The van der Waals surface area contributed by atoms with E-state index in [0.717, 1.165) is 31.6 Å². The summed E-state index contributed by atoms with van der Waals surface area (Å²) in [5, 5.41) is 2.86. The lowest BCUT2D eigenvalue weighted by Crippen LogP contribution is -2.45. The fourth-order valence-corrected chi connectivity index (χ4v) is 3.73. The van der Waals surface area contributed by atoms with Crippen LogP contribution in [0.2, 0.25) is 0 Å². The Hall–Kier alpha value is -2.84. The van der Waals surface area contributed by atoms with Gasteiger partial charge in [0.15, 0.2) is 5.79 Å². The van der Waals surface area contributed by atoms with E-state index in [4.69, 9.17) is 18.9 Å². The van der Waals surface area contributed by atoms with Gasteiger partial charge in [0, 0.05) is 43.9 Å². The van der Waals surface area contributed by atoms with E-state index in [1.165, 1.54) is 0 Å². The summed E-state index contributed by atoms with van der Waals surface area (Å²) in [7, 11) is 3.13. The van der Waals surface area contributed by atoms with Gasteiger partial charge in [-0.1, -0.05) is 0 Å². The molecule has 0 unspecified atom stereocenters. The van der Waals surface area contributed by atoms with Crippen molar-refractivity contribution in [2.24, 2.45) is 0 Å². The second-order valence-electron chi connectivity index (χ2n) is 7.01. The fourth-order valence-electron chi connectivity index (χ4n) is 3.73. The molecule has 0 atom stereocenters. The lowest BCUT2D eigenvalue weighted by atomic mass is 10.0. The van der Waals surface area contributed by atoms with Crippen molar-refractivity contribution in [3.63, 3.8) is 0 Å². The zero-order valence-corrected chi connectivity index (χ0v) is 16.6. The van der Waals surface area contributed by atoms with Crippen molar-refractivity contribution < 1.29 is 23.7 Å². The molecule has 1 N–H and O–H groups in total. The predicted octanol–water partition coefficient (Wildman–Crippen LogP) is 2.69. The van der Waals surface area contributed by atoms with Crippen LogP contribution in [-0.4, -0.2) is 57.2 Å². The number of nitrogens with zero attached hydrogens (tertiary/aromatic N) is 2. The standard InChI is InChI=1S/C21H25N3O5/c1-26-16-3-4-19(27-2)17(14-16)23-20(25)18-13-15(5-8-22-18)24-9-6-21(7-10-24)28-11-12-29-21/h3-5,8,13-14H,6-7,9-12H2,1-2H3,(H,23,25). The molecule has 8 nitrogen and oxygen atoms in total. The van der Waals surface area contributed by atoms with Gasteiger partial charge in [-0.25, -0.2) is 0 Å². The highest BCUT2D eigenvalue weighted by molar-refractivity contribution is 6.04. The lowest BCUT2D eigenvalue weighted by Gasteiger charge is -2.38. The summed E-state index contributed by atoms with van der Waals surface area (Å²) >= 11 is 0. The Labute approximate surface area is 169 Å². The fraction of sp³-hybridized carbons (Fsp3) is 0.429. The maximum absolute atomic E-state index is 12.8. The number of rotatable bonds is 5. The van der Waals surface area contributed by atoms with Crippen LogP contribution in [0.15, 0.2) is 36.5 Å². The van der Waals surface area contributed by atoms with Crippen molar-refractivity contribution in [2.75, 3.05) is 50.7 Å². The minimum atomic E-state index is -0.424. The van der Waals surface area contributed by atoms with Gasteiger partial charge in [-0.2, -0.15) is 0 Å². The average Bonchev–Trinajstić information content (AvgIpc) is 3.22. The van der Waals surface area contributed by atoms with Crippen LogP contribution < -0.4 is 19.7 Å². The lowest BCUT2D eigenvalue weighted by molar-refractivity contribution is -0.169. The van der Waals surface area contributed by atoms with Crippen LogP contribution in [-0.2, 0) is 9.47 Å². The Kier molecular flexibility index (Phi) is 5.55. The molecule has 0 radical (unpaired) electrons. The molecular weight excluding hydrogens is 374 g/mol. The topological polar surface area (TPSA) is 82.2 Å². The maximum Gasteiger partial charge on any atom is 0.274 e. The van der Waals surface area contributed by atoms with Crippen LogP contribution in [0.4, 0.5) is 11.4 Å². The van der Waals surface area contributed by atoms with Crippen LogP contribution in [0.25, 0.3) is 0 Å². The molecule has 2 aromatic rings. The molecule has 154 valence electrons. The van der Waals surface area contributed by atoms with Crippen LogP contribution in [0.3, 0.4) is 0 Å². The molecule has 1 spiro atoms. The van der Waals surface area contributed by atoms with Gasteiger partial charge in [-0.15, -0.1) is 0 Å². The van der Waals surface area contributed by atoms with Gasteiger partial charge in [0.1, 0.15) is 17.2 Å². The molecule has 0 bridgehead atoms. The van der Waals surface area contributed by atoms with Crippen molar-refractivity contribution >= 4 is 17.3 Å². The first-order chi connectivity index (χ1) is 14.1. The molecule has 2 fully saturated rings. The first-order valence-electron chi connectivity index (χ1n) is 9.65. The van der Waals surface area contributed by atoms with E-state index in [0.29, 0.717) is 36.1 Å². The van der Waals surface area contributed by atoms with Crippen molar-refractivity contribution in [3.05, 3.63) is 42.2 Å². The minimum Gasteiger partial charge on any atom is -0.497 e. The number of ether oxygens (including phenoxy) is 4. The largest absolute Gasteiger partial charge is 0.497 e. The molecule has 8 heteroatoms. The molecular formula is C21H25N3O5. The van der Waals surface area contributed by atoms with Crippen LogP contribution in [0.1, 0.15) is 23.3 Å². The zero-order valence-electron chi connectivity index (χ0n) is 16.6. The highest BCUT2D eigenvalue weighted by atomic mass is 16.7. The van der Waals surface area contributed by atoms with E-state index in [-0.39, 0.29) is 5.91 Å². The summed E-state index contributed by atoms with van der Waals surface area (Å²) in [6.07, 6.45) is 3.26. The highest BCUT2D eigenvalue weighted by Crippen LogP contribution is 2.33. The second-order valence-corrected chi connectivity index (χ2v) is 7.01. The Morgan fingerprint density at radius 1 is 1.10 bits per heavy atom. The van der Waals surface area contributed by atoms with E-state index in [1.807, 2.05) is 6.07 Å². The Balaban J connectivity index is 1.47. The van der Waals surface area contributed by atoms with Crippen molar-refractivity contribution in [1.29, 1.82) is 0 Å². The molecule has 1 amide bonds. The maximum atomic E-state index is 12.8. The third-order valence-corrected chi connectivity index (χ3v) is 5.33. The van der Waals surface area contributed by atoms with E-state index < -0.39 is 5.79 Å². The third-order valence-electron chi connectivity index (χ3n) is 5.33. The average molecular weight is 399 g/mol. The molecule has 1 aromatic heterocycles. The number of aromatic nitrogens is 1. The van der Waals surface area contributed by atoms with Gasteiger partial charge >= 0.3 is 0 Å². The number of pyridine rings is 1.